The third-order valence-corrected chi connectivity index (χ3v) is 3.92. The quantitative estimate of drug-likeness (QED) is 0.824. The van der Waals surface area contributed by atoms with Crippen LogP contribution in [0.3, 0.4) is 0 Å². The third-order valence-electron chi connectivity index (χ3n) is 3.92. The minimum absolute atomic E-state index is 0.0611. The number of likely N-dealkylation sites (tertiary alicyclic amines) is 1. The van der Waals surface area contributed by atoms with Gasteiger partial charge in [0.15, 0.2) is 0 Å². The smallest absolute Gasteiger partial charge is 0.251 e. The third kappa shape index (κ3) is 4.44. The van der Waals surface area contributed by atoms with Crippen molar-refractivity contribution in [1.82, 2.24) is 4.90 Å². The first-order valence-corrected chi connectivity index (χ1v) is 7.44. The lowest BCUT2D eigenvalue weighted by Crippen LogP contribution is -2.49. The molecule has 2 aliphatic heterocycles. The van der Waals surface area contributed by atoms with Gasteiger partial charge >= 0.3 is 0 Å². The largest absolute Gasteiger partial charge is 0.376 e. The SMILES string of the molecule is CC(OCC1CCCCO1)C(=O)N1CCCC(N)C1. The fourth-order valence-corrected chi connectivity index (χ4v) is 2.73. The number of hydrogen-bond donors (Lipinski definition) is 1. The van der Waals surface area contributed by atoms with Crippen LogP contribution in [0.1, 0.15) is 39.0 Å². The van der Waals surface area contributed by atoms with E-state index < -0.39 is 6.10 Å². The number of hydrogen-bond acceptors (Lipinski definition) is 4. The van der Waals surface area contributed by atoms with E-state index in [0.29, 0.717) is 13.2 Å². The zero-order valence-electron chi connectivity index (χ0n) is 11.8. The van der Waals surface area contributed by atoms with Crippen LogP contribution < -0.4 is 5.73 Å². The molecule has 0 radical (unpaired) electrons. The number of nitrogens with zero attached hydrogens (tertiary/aromatic N) is 1. The number of nitrogens with two attached hydrogens (primary N) is 1. The van der Waals surface area contributed by atoms with E-state index in [4.69, 9.17) is 15.2 Å². The summed E-state index contributed by atoms with van der Waals surface area (Å²) in [5.74, 6) is 0.0611. The highest BCUT2D eigenvalue weighted by atomic mass is 16.5. The minimum atomic E-state index is -0.393. The Kier molecular flexibility index (Phi) is 5.60. The summed E-state index contributed by atoms with van der Waals surface area (Å²) in [6.45, 7) is 4.63. The van der Waals surface area contributed by atoms with E-state index >= 15 is 0 Å². The normalized spacial score (nSPS) is 30.1. The van der Waals surface area contributed by atoms with Gasteiger partial charge < -0.3 is 20.1 Å². The maximum Gasteiger partial charge on any atom is 0.251 e. The van der Waals surface area contributed by atoms with Crippen molar-refractivity contribution in [3.63, 3.8) is 0 Å². The number of rotatable bonds is 4. The highest BCUT2D eigenvalue weighted by molar-refractivity contribution is 5.80. The summed E-state index contributed by atoms with van der Waals surface area (Å²) in [4.78, 5) is 14.1. The molecule has 2 heterocycles. The molecule has 1 amide bonds. The second-order valence-electron chi connectivity index (χ2n) is 5.65. The van der Waals surface area contributed by atoms with Crippen LogP contribution in [-0.2, 0) is 14.3 Å². The van der Waals surface area contributed by atoms with E-state index in [1.165, 1.54) is 6.42 Å². The second kappa shape index (κ2) is 7.22. The van der Waals surface area contributed by atoms with E-state index in [2.05, 4.69) is 0 Å². The topological polar surface area (TPSA) is 64.8 Å². The van der Waals surface area contributed by atoms with Gasteiger partial charge in [-0.3, -0.25) is 4.79 Å². The molecule has 2 fully saturated rings. The van der Waals surface area contributed by atoms with Crippen LogP contribution in [0.4, 0.5) is 0 Å². The van der Waals surface area contributed by atoms with E-state index in [-0.39, 0.29) is 18.1 Å². The monoisotopic (exact) mass is 270 g/mol. The zero-order chi connectivity index (χ0) is 13.7. The summed E-state index contributed by atoms with van der Waals surface area (Å²) in [6, 6.07) is 0.117. The van der Waals surface area contributed by atoms with Gasteiger partial charge in [-0.05, 0) is 39.0 Å². The predicted molar refractivity (Wildman–Crippen MR) is 72.8 cm³/mol. The fraction of sp³-hybridized carbons (Fsp3) is 0.929. The minimum Gasteiger partial charge on any atom is -0.376 e. The summed E-state index contributed by atoms with van der Waals surface area (Å²) in [7, 11) is 0. The van der Waals surface area contributed by atoms with Crippen molar-refractivity contribution in [3.05, 3.63) is 0 Å². The van der Waals surface area contributed by atoms with Gasteiger partial charge in [0.25, 0.3) is 5.91 Å². The van der Waals surface area contributed by atoms with Crippen molar-refractivity contribution < 1.29 is 14.3 Å². The summed E-state index contributed by atoms with van der Waals surface area (Å²) < 4.78 is 11.3. The molecular formula is C14H26N2O3. The Morgan fingerprint density at radius 2 is 2.26 bits per heavy atom. The zero-order valence-corrected chi connectivity index (χ0v) is 11.8. The first kappa shape index (κ1) is 14.8. The summed E-state index contributed by atoms with van der Waals surface area (Å²) >= 11 is 0. The molecule has 110 valence electrons. The average molecular weight is 270 g/mol. The maximum atomic E-state index is 12.2. The lowest BCUT2D eigenvalue weighted by atomic mass is 10.1. The van der Waals surface area contributed by atoms with Crippen LogP contribution in [0, 0.1) is 0 Å². The van der Waals surface area contributed by atoms with Gasteiger partial charge in [0, 0.05) is 25.7 Å². The van der Waals surface area contributed by atoms with Crippen LogP contribution >= 0.6 is 0 Å². The van der Waals surface area contributed by atoms with Gasteiger partial charge in [0.1, 0.15) is 6.10 Å². The van der Waals surface area contributed by atoms with Gasteiger partial charge in [-0.2, -0.15) is 0 Å². The molecule has 2 saturated heterocycles. The highest BCUT2D eigenvalue weighted by Crippen LogP contribution is 2.15. The molecule has 0 bridgehead atoms. The molecule has 2 N–H and O–H groups in total. The van der Waals surface area contributed by atoms with Crippen LogP contribution in [-0.4, -0.2) is 55.4 Å². The molecule has 5 heteroatoms. The Hall–Kier alpha value is -0.650. The molecule has 19 heavy (non-hydrogen) atoms. The number of ether oxygens (including phenoxy) is 2. The Morgan fingerprint density at radius 3 is 2.95 bits per heavy atom. The molecule has 0 spiro atoms. The molecule has 0 saturated carbocycles. The Morgan fingerprint density at radius 1 is 1.42 bits per heavy atom. The van der Waals surface area contributed by atoms with Crippen molar-refractivity contribution in [3.8, 4) is 0 Å². The van der Waals surface area contributed by atoms with Gasteiger partial charge in [0.05, 0.1) is 12.7 Å². The molecule has 3 atom stereocenters. The van der Waals surface area contributed by atoms with Gasteiger partial charge in [-0.1, -0.05) is 0 Å². The predicted octanol–water partition coefficient (Wildman–Crippen LogP) is 0.910. The number of amides is 1. The first-order valence-electron chi connectivity index (χ1n) is 7.44. The van der Waals surface area contributed by atoms with Crippen molar-refractivity contribution >= 4 is 5.91 Å². The van der Waals surface area contributed by atoms with Crippen LogP contribution in [0.2, 0.25) is 0 Å². The van der Waals surface area contributed by atoms with Crippen molar-refractivity contribution in [1.29, 1.82) is 0 Å². The first-order chi connectivity index (χ1) is 9.16. The summed E-state index contributed by atoms with van der Waals surface area (Å²) in [5.41, 5.74) is 5.90. The summed E-state index contributed by atoms with van der Waals surface area (Å²) in [5, 5.41) is 0. The Balaban J connectivity index is 1.72. The standard InChI is InChI=1S/C14H26N2O3/c1-11(19-10-13-6-2-3-8-18-13)14(17)16-7-4-5-12(15)9-16/h11-13H,2-10,15H2,1H3. The molecule has 0 aliphatic carbocycles. The molecule has 2 aliphatic rings. The number of piperidine rings is 1. The molecule has 2 rings (SSSR count). The maximum absolute atomic E-state index is 12.2. The van der Waals surface area contributed by atoms with Crippen molar-refractivity contribution in [2.45, 2.75) is 57.3 Å². The number of carbonyl (C=O) groups excluding carboxylic acids is 1. The molecule has 0 aromatic carbocycles. The number of carbonyl (C=O) groups is 1. The molecular weight excluding hydrogens is 244 g/mol. The van der Waals surface area contributed by atoms with E-state index in [9.17, 15) is 4.79 Å². The van der Waals surface area contributed by atoms with Crippen LogP contribution in [0.25, 0.3) is 0 Å². The van der Waals surface area contributed by atoms with Crippen molar-refractivity contribution in [2.75, 3.05) is 26.3 Å². The lowest BCUT2D eigenvalue weighted by molar-refractivity contribution is -0.147. The van der Waals surface area contributed by atoms with E-state index in [1.54, 1.807) is 0 Å². The summed E-state index contributed by atoms with van der Waals surface area (Å²) in [6.07, 6.45) is 5.13. The Bertz CT molecular complexity index is 292. The second-order valence-corrected chi connectivity index (χ2v) is 5.65. The molecule has 0 aromatic heterocycles. The van der Waals surface area contributed by atoms with Crippen molar-refractivity contribution in [2.24, 2.45) is 5.73 Å². The lowest BCUT2D eigenvalue weighted by Gasteiger charge is -2.33. The van der Waals surface area contributed by atoms with Gasteiger partial charge in [-0.15, -0.1) is 0 Å². The van der Waals surface area contributed by atoms with Crippen LogP contribution in [0.15, 0.2) is 0 Å². The average Bonchev–Trinajstić information content (AvgIpc) is 2.45. The molecule has 0 aromatic rings. The van der Waals surface area contributed by atoms with E-state index in [0.717, 1.165) is 38.8 Å². The van der Waals surface area contributed by atoms with E-state index in [1.807, 2.05) is 11.8 Å². The van der Waals surface area contributed by atoms with Crippen LogP contribution in [0.5, 0.6) is 0 Å². The Labute approximate surface area is 115 Å². The molecule has 3 unspecified atom stereocenters. The highest BCUT2D eigenvalue weighted by Gasteiger charge is 2.26. The molecule has 5 nitrogen and oxygen atoms in total. The van der Waals surface area contributed by atoms with Gasteiger partial charge in [0.2, 0.25) is 0 Å². The van der Waals surface area contributed by atoms with Gasteiger partial charge in [-0.25, -0.2) is 0 Å². The fourth-order valence-electron chi connectivity index (χ4n) is 2.73.